The number of nitrogens with one attached hydrogen (secondary N) is 1. The first-order valence-corrected chi connectivity index (χ1v) is 19.5. The zero-order valence-corrected chi connectivity index (χ0v) is 28.1. The Labute approximate surface area is 272 Å². The number of thiophene rings is 2. The quantitative estimate of drug-likeness (QED) is 0.273. The highest BCUT2D eigenvalue weighted by Gasteiger charge is 2.29. The molecule has 0 spiro atoms. The Morgan fingerprint density at radius 3 is 2.07 bits per heavy atom. The van der Waals surface area contributed by atoms with E-state index in [0.717, 1.165) is 64.1 Å². The molecule has 0 unspecified atom stereocenters. The molecule has 0 fully saturated rings. The Morgan fingerprint density at radius 1 is 0.822 bits per heavy atom. The average molecular weight is 704 g/mol. The van der Waals surface area contributed by atoms with E-state index >= 15 is 0 Å². The first kappa shape index (κ1) is 30.5. The van der Waals surface area contributed by atoms with E-state index in [1.54, 1.807) is 6.20 Å². The van der Waals surface area contributed by atoms with Crippen LogP contribution in [-0.4, -0.2) is 82.2 Å². The largest absolute Gasteiger partial charge is 0.338 e. The number of pyridine rings is 1. The highest BCUT2D eigenvalue weighted by Crippen LogP contribution is 2.39. The molecule has 0 amide bonds. The van der Waals surface area contributed by atoms with Gasteiger partial charge in [0, 0.05) is 47.7 Å². The molecule has 3 aliphatic rings. The Hall–Kier alpha value is -3.19. The van der Waals surface area contributed by atoms with Crippen LogP contribution >= 0.6 is 34.3 Å². The fourth-order valence-electron chi connectivity index (χ4n) is 5.62. The molecule has 45 heavy (non-hydrogen) atoms. The van der Waals surface area contributed by atoms with Gasteiger partial charge in [-0.25, -0.2) is 36.8 Å². The van der Waals surface area contributed by atoms with Gasteiger partial charge in [0.15, 0.2) is 0 Å². The van der Waals surface area contributed by atoms with Crippen molar-refractivity contribution in [2.45, 2.75) is 32.5 Å². The van der Waals surface area contributed by atoms with Crippen LogP contribution in [0.3, 0.4) is 0 Å². The van der Waals surface area contributed by atoms with E-state index in [1.165, 1.54) is 56.5 Å². The molecule has 0 aromatic carbocycles. The van der Waals surface area contributed by atoms with Gasteiger partial charge in [-0.05, 0) is 30.0 Å². The molecule has 234 valence electrons. The lowest BCUT2D eigenvalue weighted by Gasteiger charge is -2.24. The molecule has 5 aromatic heterocycles. The van der Waals surface area contributed by atoms with Crippen LogP contribution in [0, 0.1) is 0 Å². The molecule has 0 atom stereocenters. The summed E-state index contributed by atoms with van der Waals surface area (Å²) >= 11 is 9.11. The maximum absolute atomic E-state index is 11.9. The molecule has 3 aliphatic heterocycles. The minimum absolute atomic E-state index is 0.394. The van der Waals surface area contributed by atoms with Crippen LogP contribution < -0.4 is 5.32 Å². The van der Waals surface area contributed by atoms with Crippen LogP contribution in [-0.2, 0) is 52.5 Å². The minimum Gasteiger partial charge on any atom is -0.338 e. The Bertz CT molecular complexity index is 2240. The molecule has 0 saturated heterocycles. The highest BCUT2D eigenvalue weighted by atomic mass is 35.5. The molecular formula is C27H26ClN9O4S4. The van der Waals surface area contributed by atoms with E-state index in [-0.39, 0.29) is 0 Å². The standard InChI is InChI=1S/C17H16N6O2S2.C10H10ClN3O2S2/c1-27(24,25)23-3-2-12-14(8-23)26-17-15(12)16(20-9-21-17)22-11-4-10-5-18-7-13(10)19-6-11;1-18(15,16)14-3-2-6-7(4-14)17-10-8(6)9(11)12-5-13-10/h4-6,9H,2-3,7-8H2,1H3,(H,20,21,22);5H,2-4H2,1H3. The molecule has 0 aliphatic carbocycles. The summed E-state index contributed by atoms with van der Waals surface area (Å²) in [7, 11) is -6.35. The summed E-state index contributed by atoms with van der Waals surface area (Å²) < 4.78 is 49.9. The first-order valence-electron chi connectivity index (χ1n) is 13.8. The van der Waals surface area contributed by atoms with Crippen LogP contribution in [0.15, 0.2) is 29.9 Å². The smallest absolute Gasteiger partial charge is 0.211 e. The molecule has 18 heteroatoms. The van der Waals surface area contributed by atoms with Crippen molar-refractivity contribution in [3.63, 3.8) is 0 Å². The SMILES string of the molecule is CS(=O)(=O)N1CCc2c(sc3ncnc(Cl)c23)C1.CS(=O)(=O)N1CCc2c(sc3ncnc(Nc4cnc5c(c4)C=NC5)c23)C1. The van der Waals surface area contributed by atoms with Crippen LogP contribution in [0.25, 0.3) is 20.4 Å². The van der Waals surface area contributed by atoms with Crippen molar-refractivity contribution in [2.75, 3.05) is 30.9 Å². The molecule has 8 heterocycles. The van der Waals surface area contributed by atoms with Gasteiger partial charge in [-0.2, -0.15) is 8.61 Å². The third kappa shape index (κ3) is 5.93. The van der Waals surface area contributed by atoms with Crippen LogP contribution in [0.1, 0.15) is 32.1 Å². The summed E-state index contributed by atoms with van der Waals surface area (Å²) in [5, 5.41) is 5.66. The molecule has 13 nitrogen and oxygen atoms in total. The number of hydrogen-bond donors (Lipinski definition) is 1. The van der Waals surface area contributed by atoms with Crippen molar-refractivity contribution in [2.24, 2.45) is 4.99 Å². The molecule has 5 aromatic rings. The number of anilines is 2. The molecular weight excluding hydrogens is 678 g/mol. The summed E-state index contributed by atoms with van der Waals surface area (Å²) in [4.78, 5) is 29.4. The van der Waals surface area contributed by atoms with Gasteiger partial charge in [-0.1, -0.05) is 11.6 Å². The van der Waals surface area contributed by atoms with Gasteiger partial charge < -0.3 is 5.32 Å². The molecule has 0 saturated carbocycles. The average Bonchev–Trinajstić information content (AvgIpc) is 3.71. The monoisotopic (exact) mass is 703 g/mol. The Kier molecular flexibility index (Phi) is 7.82. The predicted octanol–water partition coefficient (Wildman–Crippen LogP) is 3.74. The third-order valence-corrected chi connectivity index (χ3v) is 12.9. The van der Waals surface area contributed by atoms with Gasteiger partial charge in [0.1, 0.15) is 33.3 Å². The van der Waals surface area contributed by atoms with Crippen LogP contribution in [0.2, 0.25) is 5.15 Å². The highest BCUT2D eigenvalue weighted by molar-refractivity contribution is 7.88. The lowest BCUT2D eigenvalue weighted by atomic mass is 10.1. The van der Waals surface area contributed by atoms with Gasteiger partial charge in [0.2, 0.25) is 20.0 Å². The van der Waals surface area contributed by atoms with Gasteiger partial charge >= 0.3 is 0 Å². The van der Waals surface area contributed by atoms with Crippen molar-refractivity contribution in [3.8, 4) is 0 Å². The van der Waals surface area contributed by atoms with E-state index < -0.39 is 20.0 Å². The van der Waals surface area contributed by atoms with Crippen molar-refractivity contribution in [1.82, 2.24) is 33.5 Å². The number of fused-ring (bicyclic) bond motifs is 7. The van der Waals surface area contributed by atoms with Crippen molar-refractivity contribution in [3.05, 3.63) is 62.2 Å². The fourth-order valence-corrected chi connectivity index (χ4v) is 10.1. The fraction of sp³-hybridized carbons (Fsp3) is 0.333. The van der Waals surface area contributed by atoms with Gasteiger partial charge in [0.05, 0.1) is 47.4 Å². The van der Waals surface area contributed by atoms with E-state index in [9.17, 15) is 16.8 Å². The molecule has 0 bridgehead atoms. The number of halogens is 1. The zero-order chi connectivity index (χ0) is 31.5. The topological polar surface area (TPSA) is 164 Å². The first-order chi connectivity index (χ1) is 21.5. The van der Waals surface area contributed by atoms with Crippen molar-refractivity contribution >= 4 is 92.5 Å². The lowest BCUT2D eigenvalue weighted by Crippen LogP contribution is -2.34. The predicted molar refractivity (Wildman–Crippen MR) is 177 cm³/mol. The maximum atomic E-state index is 11.9. The number of rotatable bonds is 4. The summed E-state index contributed by atoms with van der Waals surface area (Å²) in [6.45, 7) is 2.39. The normalized spacial score (nSPS) is 16.7. The molecule has 0 radical (unpaired) electrons. The van der Waals surface area contributed by atoms with E-state index in [1.807, 2.05) is 12.3 Å². The van der Waals surface area contributed by atoms with Gasteiger partial charge in [-0.15, -0.1) is 22.7 Å². The number of nitrogens with zero attached hydrogens (tertiary/aromatic N) is 8. The van der Waals surface area contributed by atoms with Crippen molar-refractivity contribution < 1.29 is 16.8 Å². The second-order valence-electron chi connectivity index (χ2n) is 10.8. The molecule has 8 rings (SSSR count). The number of aromatic nitrogens is 5. The third-order valence-electron chi connectivity index (χ3n) is 7.83. The van der Waals surface area contributed by atoms with Crippen molar-refractivity contribution in [1.29, 1.82) is 0 Å². The minimum atomic E-state index is -3.20. The van der Waals surface area contributed by atoms with E-state index in [2.05, 4.69) is 35.2 Å². The van der Waals surface area contributed by atoms with E-state index in [0.29, 0.717) is 50.7 Å². The second kappa shape index (κ2) is 11.6. The summed E-state index contributed by atoms with van der Waals surface area (Å²) in [6.07, 6.45) is 10.4. The zero-order valence-electron chi connectivity index (χ0n) is 24.1. The number of aliphatic imine (C=N–C) groups is 1. The maximum Gasteiger partial charge on any atom is 0.211 e. The van der Waals surface area contributed by atoms with E-state index in [4.69, 9.17) is 11.6 Å². The molecule has 1 N–H and O–H groups in total. The number of sulfonamides is 2. The Morgan fingerprint density at radius 2 is 1.42 bits per heavy atom. The van der Waals surface area contributed by atoms with Crippen LogP contribution in [0.4, 0.5) is 11.5 Å². The van der Waals surface area contributed by atoms with Crippen LogP contribution in [0.5, 0.6) is 0 Å². The van der Waals surface area contributed by atoms with Gasteiger partial charge in [-0.3, -0.25) is 9.98 Å². The summed E-state index contributed by atoms with van der Waals surface area (Å²) in [5.41, 5.74) is 5.06. The second-order valence-corrected chi connectivity index (χ2v) is 17.3. The summed E-state index contributed by atoms with van der Waals surface area (Å²) in [5.74, 6) is 0.724. The lowest BCUT2D eigenvalue weighted by molar-refractivity contribution is 0.400. The number of hydrogen-bond acceptors (Lipinski definition) is 13. The summed E-state index contributed by atoms with van der Waals surface area (Å²) in [6, 6.07) is 2.01. The Balaban J connectivity index is 0.000000157. The van der Waals surface area contributed by atoms with Gasteiger partial charge in [0.25, 0.3) is 0 Å².